The topological polar surface area (TPSA) is 58.2 Å². The molecule has 0 unspecified atom stereocenters. The minimum Gasteiger partial charge on any atom is -0.350 e. The molecule has 0 aliphatic carbocycles. The quantitative estimate of drug-likeness (QED) is 0.892. The SMILES string of the molecule is Cc1ccccc1C(=O)NC[C@@H](C)NC(=O)c1ccccc1C. The Morgan fingerprint density at radius 3 is 1.87 bits per heavy atom. The van der Waals surface area contributed by atoms with Crippen LogP contribution in [0.3, 0.4) is 0 Å². The molecule has 1 atom stereocenters. The smallest absolute Gasteiger partial charge is 0.251 e. The van der Waals surface area contributed by atoms with Crippen LogP contribution in [-0.4, -0.2) is 24.4 Å². The number of aryl methyl sites for hydroxylation is 2. The summed E-state index contributed by atoms with van der Waals surface area (Å²) in [6, 6.07) is 14.7. The fourth-order valence-electron chi connectivity index (χ4n) is 2.35. The Morgan fingerprint density at radius 1 is 0.870 bits per heavy atom. The molecular formula is C19H22N2O2. The average Bonchev–Trinajstić information content (AvgIpc) is 2.53. The van der Waals surface area contributed by atoms with Crippen molar-refractivity contribution in [1.82, 2.24) is 10.6 Å². The Labute approximate surface area is 136 Å². The highest BCUT2D eigenvalue weighted by molar-refractivity contribution is 5.96. The standard InChI is InChI=1S/C19H22N2O2/c1-13-8-4-6-10-16(13)18(22)20-12-15(3)21-19(23)17-11-7-5-9-14(17)2/h4-11,15H,12H2,1-3H3,(H,20,22)(H,21,23)/t15-/m1/s1. The molecule has 0 radical (unpaired) electrons. The van der Waals surface area contributed by atoms with Gasteiger partial charge in [0.15, 0.2) is 0 Å². The molecule has 2 rings (SSSR count). The number of benzene rings is 2. The first kappa shape index (κ1) is 16.7. The number of hydrogen-bond donors (Lipinski definition) is 2. The van der Waals surface area contributed by atoms with Gasteiger partial charge in [-0.3, -0.25) is 9.59 Å². The molecule has 4 nitrogen and oxygen atoms in total. The van der Waals surface area contributed by atoms with Crippen LogP contribution in [0.4, 0.5) is 0 Å². The van der Waals surface area contributed by atoms with Gasteiger partial charge in [0, 0.05) is 23.7 Å². The van der Waals surface area contributed by atoms with Gasteiger partial charge >= 0.3 is 0 Å². The molecular weight excluding hydrogens is 288 g/mol. The molecule has 4 heteroatoms. The lowest BCUT2D eigenvalue weighted by Gasteiger charge is -2.16. The van der Waals surface area contributed by atoms with Crippen LogP contribution in [0.15, 0.2) is 48.5 Å². The van der Waals surface area contributed by atoms with Gasteiger partial charge in [0.2, 0.25) is 0 Å². The molecule has 0 saturated carbocycles. The summed E-state index contributed by atoms with van der Waals surface area (Å²) in [5.41, 5.74) is 3.18. The second-order valence-electron chi connectivity index (χ2n) is 5.71. The van der Waals surface area contributed by atoms with Gasteiger partial charge in [0.05, 0.1) is 0 Å². The molecule has 2 aromatic carbocycles. The molecule has 2 N–H and O–H groups in total. The number of carbonyl (C=O) groups excluding carboxylic acids is 2. The zero-order valence-electron chi connectivity index (χ0n) is 13.7. The van der Waals surface area contributed by atoms with Crippen LogP contribution in [0.1, 0.15) is 38.8 Å². The summed E-state index contributed by atoms with van der Waals surface area (Å²) in [6.07, 6.45) is 0. The van der Waals surface area contributed by atoms with E-state index in [0.717, 1.165) is 11.1 Å². The number of hydrogen-bond acceptors (Lipinski definition) is 2. The van der Waals surface area contributed by atoms with Gasteiger partial charge in [0.1, 0.15) is 0 Å². The Morgan fingerprint density at radius 2 is 1.35 bits per heavy atom. The zero-order valence-corrected chi connectivity index (χ0v) is 13.7. The highest BCUT2D eigenvalue weighted by Crippen LogP contribution is 2.08. The van der Waals surface area contributed by atoms with Gasteiger partial charge in [-0.05, 0) is 44.0 Å². The third kappa shape index (κ3) is 4.42. The fourth-order valence-corrected chi connectivity index (χ4v) is 2.35. The fraction of sp³-hybridized carbons (Fsp3) is 0.263. The normalized spacial score (nSPS) is 11.6. The molecule has 0 bridgehead atoms. The molecule has 2 amide bonds. The number of amides is 2. The van der Waals surface area contributed by atoms with E-state index < -0.39 is 0 Å². The third-order valence-corrected chi connectivity index (χ3v) is 3.73. The van der Waals surface area contributed by atoms with Crippen molar-refractivity contribution >= 4 is 11.8 Å². The van der Waals surface area contributed by atoms with Crippen molar-refractivity contribution in [2.75, 3.05) is 6.54 Å². The Balaban J connectivity index is 1.89. The Bertz CT molecular complexity index is 710. The second-order valence-corrected chi connectivity index (χ2v) is 5.71. The molecule has 0 heterocycles. The molecule has 0 aromatic heterocycles. The van der Waals surface area contributed by atoms with Crippen molar-refractivity contribution < 1.29 is 9.59 Å². The molecule has 0 fully saturated rings. The predicted octanol–water partition coefficient (Wildman–Crippen LogP) is 2.85. The van der Waals surface area contributed by atoms with Gasteiger partial charge in [0.25, 0.3) is 11.8 Å². The lowest BCUT2D eigenvalue weighted by molar-refractivity contribution is 0.0911. The van der Waals surface area contributed by atoms with E-state index >= 15 is 0 Å². The Hall–Kier alpha value is -2.62. The molecule has 120 valence electrons. The molecule has 0 aliphatic heterocycles. The lowest BCUT2D eigenvalue weighted by Crippen LogP contribution is -2.42. The second kappa shape index (κ2) is 7.58. The van der Waals surface area contributed by atoms with Crippen molar-refractivity contribution in [2.45, 2.75) is 26.8 Å². The van der Waals surface area contributed by atoms with Crippen molar-refractivity contribution in [3.63, 3.8) is 0 Å². The van der Waals surface area contributed by atoms with Crippen LogP contribution in [-0.2, 0) is 0 Å². The van der Waals surface area contributed by atoms with Gasteiger partial charge < -0.3 is 10.6 Å². The van der Waals surface area contributed by atoms with Gasteiger partial charge in [-0.15, -0.1) is 0 Å². The lowest BCUT2D eigenvalue weighted by atomic mass is 10.1. The largest absolute Gasteiger partial charge is 0.350 e. The van der Waals surface area contributed by atoms with Gasteiger partial charge in [-0.2, -0.15) is 0 Å². The summed E-state index contributed by atoms with van der Waals surface area (Å²) < 4.78 is 0. The first-order valence-corrected chi connectivity index (χ1v) is 7.69. The summed E-state index contributed by atoms with van der Waals surface area (Å²) in [7, 11) is 0. The summed E-state index contributed by atoms with van der Waals surface area (Å²) in [5.74, 6) is -0.249. The first-order chi connectivity index (χ1) is 11.0. The first-order valence-electron chi connectivity index (χ1n) is 7.69. The highest BCUT2D eigenvalue weighted by Gasteiger charge is 2.13. The number of carbonyl (C=O) groups is 2. The van der Waals surface area contributed by atoms with E-state index in [1.165, 1.54) is 0 Å². The van der Waals surface area contributed by atoms with Crippen LogP contribution in [0.5, 0.6) is 0 Å². The maximum atomic E-state index is 12.2. The summed E-state index contributed by atoms with van der Waals surface area (Å²) >= 11 is 0. The maximum Gasteiger partial charge on any atom is 0.251 e. The minimum atomic E-state index is -0.157. The number of nitrogens with one attached hydrogen (secondary N) is 2. The molecule has 23 heavy (non-hydrogen) atoms. The van der Waals surface area contributed by atoms with Crippen LogP contribution >= 0.6 is 0 Å². The maximum absolute atomic E-state index is 12.2. The van der Waals surface area contributed by atoms with E-state index in [1.807, 2.05) is 57.2 Å². The predicted molar refractivity (Wildman–Crippen MR) is 91.6 cm³/mol. The van der Waals surface area contributed by atoms with E-state index in [9.17, 15) is 9.59 Å². The van der Waals surface area contributed by atoms with E-state index in [-0.39, 0.29) is 17.9 Å². The van der Waals surface area contributed by atoms with E-state index in [1.54, 1.807) is 12.1 Å². The van der Waals surface area contributed by atoms with E-state index in [2.05, 4.69) is 10.6 Å². The third-order valence-electron chi connectivity index (χ3n) is 3.73. The molecule has 0 spiro atoms. The van der Waals surface area contributed by atoms with Crippen LogP contribution in [0, 0.1) is 13.8 Å². The van der Waals surface area contributed by atoms with Crippen molar-refractivity contribution in [1.29, 1.82) is 0 Å². The summed E-state index contributed by atoms with van der Waals surface area (Å²) in [5, 5.41) is 5.76. The average molecular weight is 310 g/mol. The summed E-state index contributed by atoms with van der Waals surface area (Å²) in [6.45, 7) is 6.05. The molecule has 2 aromatic rings. The minimum absolute atomic E-state index is 0.124. The van der Waals surface area contributed by atoms with Gasteiger partial charge in [-0.25, -0.2) is 0 Å². The zero-order chi connectivity index (χ0) is 16.8. The van der Waals surface area contributed by atoms with Gasteiger partial charge in [-0.1, -0.05) is 36.4 Å². The van der Waals surface area contributed by atoms with E-state index in [0.29, 0.717) is 17.7 Å². The Kier molecular flexibility index (Phi) is 5.52. The molecule has 0 saturated heterocycles. The highest BCUT2D eigenvalue weighted by atomic mass is 16.2. The van der Waals surface area contributed by atoms with E-state index in [4.69, 9.17) is 0 Å². The van der Waals surface area contributed by atoms with Crippen molar-refractivity contribution in [2.24, 2.45) is 0 Å². The van der Waals surface area contributed by atoms with Crippen LogP contribution < -0.4 is 10.6 Å². The number of rotatable bonds is 5. The van der Waals surface area contributed by atoms with Crippen molar-refractivity contribution in [3.8, 4) is 0 Å². The van der Waals surface area contributed by atoms with Crippen LogP contribution in [0.25, 0.3) is 0 Å². The summed E-state index contributed by atoms with van der Waals surface area (Å²) in [4.78, 5) is 24.4. The monoisotopic (exact) mass is 310 g/mol. The van der Waals surface area contributed by atoms with Crippen molar-refractivity contribution in [3.05, 3.63) is 70.8 Å². The molecule has 0 aliphatic rings. The van der Waals surface area contributed by atoms with Crippen LogP contribution in [0.2, 0.25) is 0 Å².